The van der Waals surface area contributed by atoms with Gasteiger partial charge in [-0.05, 0) is 25.7 Å². The van der Waals surface area contributed by atoms with Gasteiger partial charge in [-0.1, -0.05) is 19.4 Å². The molecule has 2 aliphatic rings. The lowest BCUT2D eigenvalue weighted by Gasteiger charge is -2.40. The van der Waals surface area contributed by atoms with E-state index in [2.05, 4.69) is 18.0 Å². The van der Waals surface area contributed by atoms with Crippen LogP contribution >= 0.6 is 0 Å². The molecule has 0 bridgehead atoms. The Morgan fingerprint density at radius 3 is 2.73 bits per heavy atom. The highest BCUT2D eigenvalue weighted by atomic mass is 14.7. The summed E-state index contributed by atoms with van der Waals surface area (Å²) in [5.74, 6) is 0. The third-order valence-electron chi connectivity index (χ3n) is 3.04. The Kier molecular flexibility index (Phi) is 1.59. The Balaban J connectivity index is 2.13. The maximum atomic E-state index is 4.46. The molecule has 1 nitrogen and oxygen atoms in total. The maximum absolute atomic E-state index is 4.46. The summed E-state index contributed by atoms with van der Waals surface area (Å²) in [7, 11) is 0. The van der Waals surface area contributed by atoms with Gasteiger partial charge in [0.2, 0.25) is 0 Å². The molecule has 11 heavy (non-hydrogen) atoms. The zero-order chi connectivity index (χ0) is 7.73. The summed E-state index contributed by atoms with van der Waals surface area (Å²) in [4.78, 5) is 4.46. The predicted octanol–water partition coefficient (Wildman–Crippen LogP) is 2.93. The lowest BCUT2D eigenvalue weighted by molar-refractivity contribution is 0.258. The van der Waals surface area contributed by atoms with Crippen molar-refractivity contribution in [1.29, 1.82) is 0 Å². The summed E-state index contributed by atoms with van der Waals surface area (Å²) in [6.07, 6.45) is 10.7. The average Bonchev–Trinajstić information content (AvgIpc) is 2.02. The summed E-state index contributed by atoms with van der Waals surface area (Å²) in [6, 6.07) is 0. The normalized spacial score (nSPS) is 27.5. The Morgan fingerprint density at radius 2 is 2.27 bits per heavy atom. The molecule has 0 unspecified atom stereocenters. The smallest absolute Gasteiger partial charge is 0.0241 e. The lowest BCUT2D eigenvalue weighted by atomic mass is 9.66. The maximum Gasteiger partial charge on any atom is 0.0241 e. The van der Waals surface area contributed by atoms with Gasteiger partial charge in [-0.15, -0.1) is 0 Å². The minimum Gasteiger partial charge on any atom is -0.265 e. The van der Waals surface area contributed by atoms with Crippen LogP contribution in [0.25, 0.3) is 0 Å². The van der Waals surface area contributed by atoms with Crippen LogP contribution in [-0.2, 0) is 0 Å². The highest BCUT2D eigenvalue weighted by Crippen LogP contribution is 2.43. The molecule has 2 rings (SSSR count). The molecule has 1 heteroatoms. The molecule has 0 aromatic rings. The number of nitrogens with zero attached hydrogens (tertiary/aromatic N) is 1. The zero-order valence-corrected chi connectivity index (χ0v) is 7.14. The van der Waals surface area contributed by atoms with Crippen molar-refractivity contribution in [3.05, 3.63) is 12.3 Å². The quantitative estimate of drug-likeness (QED) is 0.543. The molecule has 1 aliphatic heterocycles. The minimum atomic E-state index is 0.491. The van der Waals surface area contributed by atoms with Crippen molar-refractivity contribution in [2.45, 2.75) is 39.0 Å². The number of hydrogen-bond donors (Lipinski definition) is 0. The molecule has 0 saturated heterocycles. The van der Waals surface area contributed by atoms with Gasteiger partial charge in [0.25, 0.3) is 0 Å². The first-order valence-corrected chi connectivity index (χ1v) is 4.53. The second-order valence-corrected chi connectivity index (χ2v) is 3.91. The van der Waals surface area contributed by atoms with Crippen molar-refractivity contribution < 1.29 is 0 Å². The van der Waals surface area contributed by atoms with Crippen LogP contribution in [0.2, 0.25) is 0 Å². The first-order chi connectivity index (χ1) is 5.31. The minimum absolute atomic E-state index is 0.491. The van der Waals surface area contributed by atoms with Crippen molar-refractivity contribution >= 4 is 5.71 Å². The van der Waals surface area contributed by atoms with E-state index >= 15 is 0 Å². The monoisotopic (exact) mass is 149 g/mol. The standard InChI is InChI=1S/C10H15N/c1-10(6-4-7-10)9-5-2-3-8-11-9/h3,8H,2,4-7H2,1H3. The van der Waals surface area contributed by atoms with Crippen LogP contribution in [0.4, 0.5) is 0 Å². The van der Waals surface area contributed by atoms with Gasteiger partial charge in [0.1, 0.15) is 0 Å². The van der Waals surface area contributed by atoms with E-state index in [0.29, 0.717) is 5.41 Å². The van der Waals surface area contributed by atoms with Gasteiger partial charge in [-0.25, -0.2) is 0 Å². The van der Waals surface area contributed by atoms with Crippen LogP contribution in [0.1, 0.15) is 39.0 Å². The lowest BCUT2D eigenvalue weighted by Crippen LogP contribution is -2.35. The molecule has 60 valence electrons. The first kappa shape index (κ1) is 7.08. The topological polar surface area (TPSA) is 12.4 Å². The van der Waals surface area contributed by atoms with E-state index in [9.17, 15) is 0 Å². The van der Waals surface area contributed by atoms with Crippen molar-refractivity contribution in [1.82, 2.24) is 0 Å². The number of hydrogen-bond acceptors (Lipinski definition) is 1. The van der Waals surface area contributed by atoms with E-state index in [-0.39, 0.29) is 0 Å². The SMILES string of the molecule is CC1(C2=NC=CCC2)CCC1. The van der Waals surface area contributed by atoms with Gasteiger partial charge in [-0.3, -0.25) is 4.99 Å². The molecule has 0 atom stereocenters. The van der Waals surface area contributed by atoms with E-state index in [1.807, 2.05) is 6.20 Å². The Hall–Kier alpha value is -0.590. The third-order valence-corrected chi connectivity index (χ3v) is 3.04. The summed E-state index contributed by atoms with van der Waals surface area (Å²) in [5, 5.41) is 0. The van der Waals surface area contributed by atoms with Gasteiger partial charge in [0.05, 0.1) is 0 Å². The second kappa shape index (κ2) is 2.47. The number of rotatable bonds is 1. The molecule has 0 radical (unpaired) electrons. The van der Waals surface area contributed by atoms with E-state index in [1.165, 1.54) is 37.8 Å². The Morgan fingerprint density at radius 1 is 1.45 bits per heavy atom. The second-order valence-electron chi connectivity index (χ2n) is 3.91. The molecule has 0 aromatic heterocycles. The van der Waals surface area contributed by atoms with E-state index in [1.54, 1.807) is 0 Å². The fourth-order valence-corrected chi connectivity index (χ4v) is 1.96. The molecule has 0 N–H and O–H groups in total. The van der Waals surface area contributed by atoms with Crippen molar-refractivity contribution in [3.8, 4) is 0 Å². The number of allylic oxidation sites excluding steroid dienone is 1. The van der Waals surface area contributed by atoms with Gasteiger partial charge >= 0.3 is 0 Å². The summed E-state index contributed by atoms with van der Waals surface area (Å²) in [6.45, 7) is 2.36. The van der Waals surface area contributed by atoms with E-state index < -0.39 is 0 Å². The molecule has 0 aromatic carbocycles. The fraction of sp³-hybridized carbons (Fsp3) is 0.700. The average molecular weight is 149 g/mol. The van der Waals surface area contributed by atoms with Crippen LogP contribution < -0.4 is 0 Å². The van der Waals surface area contributed by atoms with Crippen LogP contribution in [0.3, 0.4) is 0 Å². The van der Waals surface area contributed by atoms with Crippen LogP contribution in [0, 0.1) is 5.41 Å². The third kappa shape index (κ3) is 1.13. The predicted molar refractivity (Wildman–Crippen MR) is 47.8 cm³/mol. The summed E-state index contributed by atoms with van der Waals surface area (Å²) >= 11 is 0. The first-order valence-electron chi connectivity index (χ1n) is 4.53. The Bertz CT molecular complexity index is 209. The van der Waals surface area contributed by atoms with Crippen molar-refractivity contribution in [2.24, 2.45) is 10.4 Å². The Labute approximate surface area is 68.2 Å². The molecular weight excluding hydrogens is 134 g/mol. The van der Waals surface area contributed by atoms with Gasteiger partial charge < -0.3 is 0 Å². The van der Waals surface area contributed by atoms with Gasteiger partial charge in [0.15, 0.2) is 0 Å². The zero-order valence-electron chi connectivity index (χ0n) is 7.14. The molecule has 0 spiro atoms. The fourth-order valence-electron chi connectivity index (χ4n) is 1.96. The molecular formula is C10H15N. The summed E-state index contributed by atoms with van der Waals surface area (Å²) in [5.41, 5.74) is 1.94. The molecule has 1 fully saturated rings. The van der Waals surface area contributed by atoms with Crippen molar-refractivity contribution in [2.75, 3.05) is 0 Å². The van der Waals surface area contributed by atoms with Gasteiger partial charge in [-0.2, -0.15) is 0 Å². The van der Waals surface area contributed by atoms with E-state index in [0.717, 1.165) is 0 Å². The summed E-state index contributed by atoms with van der Waals surface area (Å²) < 4.78 is 0. The van der Waals surface area contributed by atoms with Gasteiger partial charge in [0, 0.05) is 17.3 Å². The van der Waals surface area contributed by atoms with Crippen LogP contribution in [0.15, 0.2) is 17.3 Å². The highest BCUT2D eigenvalue weighted by Gasteiger charge is 2.36. The molecule has 0 amide bonds. The van der Waals surface area contributed by atoms with E-state index in [4.69, 9.17) is 0 Å². The van der Waals surface area contributed by atoms with Crippen molar-refractivity contribution in [3.63, 3.8) is 0 Å². The number of aliphatic imine (C=N–C) groups is 1. The highest BCUT2D eigenvalue weighted by molar-refractivity contribution is 5.91. The largest absolute Gasteiger partial charge is 0.265 e. The van der Waals surface area contributed by atoms with Crippen LogP contribution in [0.5, 0.6) is 0 Å². The molecule has 1 aliphatic carbocycles. The van der Waals surface area contributed by atoms with Crippen LogP contribution in [-0.4, -0.2) is 5.71 Å². The molecule has 1 saturated carbocycles. The molecule has 1 heterocycles.